The van der Waals surface area contributed by atoms with E-state index in [4.69, 9.17) is 4.74 Å². The van der Waals surface area contributed by atoms with Crippen molar-refractivity contribution < 1.29 is 4.74 Å². The van der Waals surface area contributed by atoms with Crippen LogP contribution >= 0.6 is 24.0 Å². The van der Waals surface area contributed by atoms with Crippen molar-refractivity contribution in [1.82, 2.24) is 20.4 Å². The molecule has 1 saturated heterocycles. The Kier molecular flexibility index (Phi) is 6.65. The molecule has 0 spiro atoms. The van der Waals surface area contributed by atoms with Crippen molar-refractivity contribution >= 4 is 29.9 Å². The lowest BCUT2D eigenvalue weighted by molar-refractivity contribution is -0.106. The van der Waals surface area contributed by atoms with E-state index in [9.17, 15) is 0 Å². The first-order valence-electron chi connectivity index (χ1n) is 9.72. The number of nitrogens with zero attached hydrogens (tertiary/aromatic N) is 3. The fraction of sp³-hybridized carbons (Fsp3) is 0.524. The quantitative estimate of drug-likeness (QED) is 0.381. The average molecular weight is 495 g/mol. The van der Waals surface area contributed by atoms with Crippen LogP contribution in [0.5, 0.6) is 0 Å². The van der Waals surface area contributed by atoms with Gasteiger partial charge >= 0.3 is 0 Å². The topological polar surface area (TPSA) is 63.5 Å². The fourth-order valence-electron chi connectivity index (χ4n) is 4.59. The maximum absolute atomic E-state index is 5.90. The lowest BCUT2D eigenvalue weighted by atomic mass is 9.57. The number of ether oxygens (including phenoxy) is 1. The standard InChI is InChI=1S/C21H29N5O.HI/c1-21(2)18(17-9-12-27-19(17)21)25-20(22-3)23-13-15-7-4-5-8-16(15)14-26-11-6-10-24-26;/h4-8,10-11,17-19H,9,12-14H2,1-3H3,(H2,22,23,25);1H. The molecule has 2 N–H and O–H groups in total. The first-order valence-corrected chi connectivity index (χ1v) is 9.72. The summed E-state index contributed by atoms with van der Waals surface area (Å²) in [5.41, 5.74) is 2.65. The van der Waals surface area contributed by atoms with Crippen molar-refractivity contribution in [3.8, 4) is 0 Å². The highest BCUT2D eigenvalue weighted by atomic mass is 127. The molecule has 0 amide bonds. The van der Waals surface area contributed by atoms with E-state index in [0.29, 0.717) is 18.1 Å². The molecule has 1 aliphatic heterocycles. The van der Waals surface area contributed by atoms with Gasteiger partial charge in [-0.1, -0.05) is 38.1 Å². The minimum atomic E-state index is 0. The molecule has 6 nitrogen and oxygen atoms in total. The van der Waals surface area contributed by atoms with Crippen molar-refractivity contribution in [2.75, 3.05) is 13.7 Å². The molecule has 1 aromatic heterocycles. The molecule has 1 aliphatic carbocycles. The predicted octanol–water partition coefficient (Wildman–Crippen LogP) is 3.03. The van der Waals surface area contributed by atoms with Crippen LogP contribution < -0.4 is 10.6 Å². The summed E-state index contributed by atoms with van der Waals surface area (Å²) in [6.45, 7) is 6.94. The van der Waals surface area contributed by atoms with Crippen LogP contribution in [0.2, 0.25) is 0 Å². The van der Waals surface area contributed by atoms with Gasteiger partial charge in [0.1, 0.15) is 0 Å². The second-order valence-corrected chi connectivity index (χ2v) is 8.09. The Morgan fingerprint density at radius 1 is 1.29 bits per heavy atom. The molecule has 3 unspecified atom stereocenters. The molecule has 28 heavy (non-hydrogen) atoms. The molecule has 2 aliphatic rings. The van der Waals surface area contributed by atoms with Crippen LogP contribution in [-0.2, 0) is 17.8 Å². The van der Waals surface area contributed by atoms with Crippen LogP contribution in [-0.4, -0.2) is 41.5 Å². The second kappa shape index (κ2) is 8.82. The number of hydrogen-bond donors (Lipinski definition) is 2. The molecule has 0 bridgehead atoms. The van der Waals surface area contributed by atoms with Crippen molar-refractivity contribution in [3.63, 3.8) is 0 Å². The largest absolute Gasteiger partial charge is 0.377 e. The van der Waals surface area contributed by atoms with E-state index in [1.807, 2.05) is 30.2 Å². The van der Waals surface area contributed by atoms with Crippen LogP contribution in [0.15, 0.2) is 47.7 Å². The number of aliphatic imine (C=N–C) groups is 1. The summed E-state index contributed by atoms with van der Waals surface area (Å²) in [5.74, 6) is 1.44. The van der Waals surface area contributed by atoms with Gasteiger partial charge in [0.25, 0.3) is 0 Å². The van der Waals surface area contributed by atoms with Crippen LogP contribution in [0.4, 0.5) is 0 Å². The Hall–Kier alpha value is -1.61. The average Bonchev–Trinajstić information content (AvgIpc) is 3.33. The number of hydrogen-bond acceptors (Lipinski definition) is 3. The Balaban J connectivity index is 0.00000225. The van der Waals surface area contributed by atoms with Crippen molar-refractivity contribution in [2.45, 2.75) is 45.5 Å². The zero-order chi connectivity index (χ0) is 18.9. The summed E-state index contributed by atoms with van der Waals surface area (Å²) in [6.07, 6.45) is 5.31. The molecule has 7 heteroatoms. The molecule has 3 atom stereocenters. The van der Waals surface area contributed by atoms with Gasteiger partial charge in [-0.15, -0.1) is 24.0 Å². The molecule has 1 saturated carbocycles. The molecule has 152 valence electrons. The highest BCUT2D eigenvalue weighted by molar-refractivity contribution is 14.0. The van der Waals surface area contributed by atoms with Gasteiger partial charge < -0.3 is 15.4 Å². The van der Waals surface area contributed by atoms with Gasteiger partial charge in [-0.2, -0.15) is 5.10 Å². The molecule has 2 aromatic rings. The third-order valence-electron chi connectivity index (χ3n) is 6.07. The second-order valence-electron chi connectivity index (χ2n) is 8.09. The molecule has 2 fully saturated rings. The fourth-order valence-corrected chi connectivity index (χ4v) is 4.59. The highest BCUT2D eigenvalue weighted by Gasteiger charge is 2.59. The minimum absolute atomic E-state index is 0. The zero-order valence-electron chi connectivity index (χ0n) is 16.8. The normalized spacial score (nSPS) is 25.4. The van der Waals surface area contributed by atoms with Gasteiger partial charge in [0.2, 0.25) is 0 Å². The third-order valence-corrected chi connectivity index (χ3v) is 6.07. The molecular formula is C21H30IN5O. The number of aromatic nitrogens is 2. The number of benzene rings is 1. The van der Waals surface area contributed by atoms with E-state index in [2.05, 4.69) is 58.8 Å². The van der Waals surface area contributed by atoms with Crippen molar-refractivity contribution in [2.24, 2.45) is 16.3 Å². The lowest BCUT2D eigenvalue weighted by Crippen LogP contribution is -2.67. The molecular weight excluding hydrogens is 465 g/mol. The summed E-state index contributed by atoms with van der Waals surface area (Å²) in [7, 11) is 1.83. The maximum atomic E-state index is 5.90. The summed E-state index contributed by atoms with van der Waals surface area (Å²) < 4.78 is 7.85. The first-order chi connectivity index (χ1) is 13.1. The smallest absolute Gasteiger partial charge is 0.191 e. The van der Waals surface area contributed by atoms with Crippen LogP contribution in [0, 0.1) is 11.3 Å². The maximum Gasteiger partial charge on any atom is 0.191 e. The van der Waals surface area contributed by atoms with E-state index in [0.717, 1.165) is 32.1 Å². The van der Waals surface area contributed by atoms with E-state index in [1.54, 1.807) is 0 Å². The summed E-state index contributed by atoms with van der Waals surface area (Å²) in [5, 5.41) is 11.4. The molecule has 2 heterocycles. The highest BCUT2D eigenvalue weighted by Crippen LogP contribution is 2.52. The summed E-state index contributed by atoms with van der Waals surface area (Å²) >= 11 is 0. The van der Waals surface area contributed by atoms with Crippen LogP contribution in [0.3, 0.4) is 0 Å². The predicted molar refractivity (Wildman–Crippen MR) is 122 cm³/mol. The summed E-state index contributed by atoms with van der Waals surface area (Å²) in [6, 6.07) is 10.8. The van der Waals surface area contributed by atoms with Crippen LogP contribution in [0.1, 0.15) is 31.4 Å². The first kappa shape index (κ1) is 21.1. The Morgan fingerprint density at radius 2 is 2.07 bits per heavy atom. The Bertz CT molecular complexity index is 805. The summed E-state index contributed by atoms with van der Waals surface area (Å²) in [4.78, 5) is 4.45. The molecule has 1 aromatic carbocycles. The van der Waals surface area contributed by atoms with Crippen molar-refractivity contribution in [1.29, 1.82) is 0 Å². The van der Waals surface area contributed by atoms with Crippen molar-refractivity contribution in [3.05, 3.63) is 53.9 Å². The van der Waals surface area contributed by atoms with E-state index >= 15 is 0 Å². The van der Waals surface area contributed by atoms with Gasteiger partial charge in [-0.25, -0.2) is 0 Å². The minimum Gasteiger partial charge on any atom is -0.377 e. The zero-order valence-corrected chi connectivity index (χ0v) is 19.1. The van der Waals surface area contributed by atoms with E-state index in [1.165, 1.54) is 11.1 Å². The van der Waals surface area contributed by atoms with Gasteiger partial charge in [0.15, 0.2) is 5.96 Å². The van der Waals surface area contributed by atoms with Gasteiger partial charge in [-0.3, -0.25) is 9.67 Å². The van der Waals surface area contributed by atoms with Crippen LogP contribution in [0.25, 0.3) is 0 Å². The number of rotatable bonds is 5. The third kappa shape index (κ3) is 4.05. The monoisotopic (exact) mass is 495 g/mol. The van der Waals surface area contributed by atoms with E-state index in [-0.39, 0.29) is 29.4 Å². The molecule has 0 radical (unpaired) electrons. The number of halogens is 1. The van der Waals surface area contributed by atoms with Gasteiger partial charge in [0.05, 0.1) is 12.6 Å². The van der Waals surface area contributed by atoms with Gasteiger partial charge in [-0.05, 0) is 23.6 Å². The number of nitrogens with one attached hydrogen (secondary N) is 2. The Morgan fingerprint density at radius 3 is 2.79 bits per heavy atom. The van der Waals surface area contributed by atoms with E-state index < -0.39 is 0 Å². The number of fused-ring (bicyclic) bond motifs is 1. The molecule has 4 rings (SSSR count). The lowest BCUT2D eigenvalue weighted by Gasteiger charge is -2.54. The number of guanidine groups is 1. The van der Waals surface area contributed by atoms with Gasteiger partial charge in [0, 0.05) is 50.0 Å². The Labute approximate surface area is 184 Å². The SMILES string of the molecule is CN=C(NCc1ccccc1Cn1cccn1)NC1C2CCOC2C1(C)C.I.